The number of esters is 2. The minimum absolute atomic E-state index is 0.0321. The molecule has 0 aromatic heterocycles. The molecule has 0 saturated carbocycles. The maximum absolute atomic E-state index is 12.9. The third kappa shape index (κ3) is 74.2. The summed E-state index contributed by atoms with van der Waals surface area (Å²) in [6.07, 6.45) is 97.1. The number of hydrogen-bond donors (Lipinski definition) is 1. The van der Waals surface area contributed by atoms with E-state index in [-0.39, 0.29) is 25.6 Å². The van der Waals surface area contributed by atoms with Crippen molar-refractivity contribution in [1.29, 1.82) is 0 Å². The van der Waals surface area contributed by atoms with Crippen LogP contribution in [-0.4, -0.2) is 74.9 Å². The van der Waals surface area contributed by atoms with E-state index < -0.39 is 26.5 Å². The molecule has 0 radical (unpaired) electrons. The van der Waals surface area contributed by atoms with Gasteiger partial charge in [-0.3, -0.25) is 18.6 Å². The average Bonchev–Trinajstić information content (AvgIpc) is 3.58. The number of allylic oxidation sites excluding steroid dienone is 14. The van der Waals surface area contributed by atoms with Gasteiger partial charge in [0.15, 0.2) is 6.10 Å². The fourth-order valence-corrected chi connectivity index (χ4v) is 11.8. The Morgan fingerprint density at radius 2 is 0.633 bits per heavy atom. The van der Waals surface area contributed by atoms with Crippen molar-refractivity contribution in [2.75, 3.05) is 47.5 Å². The molecule has 0 aliphatic rings. The monoisotopic (exact) mass is 1280 g/mol. The summed E-state index contributed by atoms with van der Waals surface area (Å²) >= 11 is 0. The molecule has 0 aliphatic heterocycles. The van der Waals surface area contributed by atoms with Crippen LogP contribution in [0.15, 0.2) is 85.1 Å². The van der Waals surface area contributed by atoms with Gasteiger partial charge in [0.2, 0.25) is 0 Å². The zero-order valence-corrected chi connectivity index (χ0v) is 60.8. The molecule has 0 saturated heterocycles. The van der Waals surface area contributed by atoms with Crippen molar-refractivity contribution in [3.8, 4) is 0 Å². The van der Waals surface area contributed by atoms with Gasteiger partial charge in [0, 0.05) is 12.8 Å². The van der Waals surface area contributed by atoms with Gasteiger partial charge in [0.1, 0.15) is 19.8 Å². The molecule has 0 aromatic rings. The summed E-state index contributed by atoms with van der Waals surface area (Å²) in [7, 11) is 1.49. The van der Waals surface area contributed by atoms with Crippen molar-refractivity contribution in [1.82, 2.24) is 0 Å². The number of rotatable bonds is 71. The first-order chi connectivity index (χ1) is 44.0. The largest absolute Gasteiger partial charge is 0.472 e. The fraction of sp³-hybridized carbons (Fsp3) is 0.800. The minimum Gasteiger partial charge on any atom is -0.462 e. The van der Waals surface area contributed by atoms with Crippen LogP contribution in [0.3, 0.4) is 0 Å². The van der Waals surface area contributed by atoms with Crippen molar-refractivity contribution in [3.05, 3.63) is 85.1 Å². The normalized spacial score (nSPS) is 13.5. The molecule has 0 aromatic carbocycles. The number of carbonyl (C=O) groups excluding carboxylic acids is 2. The van der Waals surface area contributed by atoms with E-state index >= 15 is 0 Å². The number of likely N-dealkylation sites (N-methyl/N-ethyl adjacent to an activating group) is 1. The Balaban J connectivity index is 3.97. The number of nitrogens with zero attached hydrogens (tertiary/aromatic N) is 1. The van der Waals surface area contributed by atoms with Gasteiger partial charge < -0.3 is 18.9 Å². The van der Waals surface area contributed by atoms with Gasteiger partial charge in [0.05, 0.1) is 27.7 Å². The van der Waals surface area contributed by atoms with Gasteiger partial charge in [-0.1, -0.05) is 343 Å². The number of phosphoric acid groups is 1. The molecule has 2 atom stereocenters. The third-order valence-electron chi connectivity index (χ3n) is 16.9. The molecule has 1 N–H and O–H groups in total. The standard InChI is InChI=1S/C80H146NO8P/c1-6-8-10-12-14-16-18-20-22-24-26-28-30-32-34-36-37-38-39-40-41-42-43-45-47-49-51-53-55-57-59-61-63-65-67-69-71-73-80(83)89-78(77-88-90(84,85)87-75-74-81(3,4)5)76-86-79(82)72-70-68-66-64-62-60-58-56-54-52-50-48-46-44-35-33-31-29-27-25-23-21-19-17-15-13-11-9-7-2/h8,10,14,16,20,22,25-28,32,34,37-38,78H,6-7,9,11-13,15,17-19,21,23-24,29-31,33,35-36,39-77H2,1-5H3/p+1/b10-8-,16-14-,22-20-,27-25-,28-26-,34-32-,38-37-. The number of ether oxygens (including phenoxy) is 2. The molecular formula is C80H147NO8P+. The topological polar surface area (TPSA) is 108 Å². The highest BCUT2D eigenvalue weighted by molar-refractivity contribution is 7.47. The van der Waals surface area contributed by atoms with Crippen LogP contribution in [0, 0.1) is 0 Å². The van der Waals surface area contributed by atoms with E-state index in [4.69, 9.17) is 18.5 Å². The van der Waals surface area contributed by atoms with Gasteiger partial charge in [0.25, 0.3) is 0 Å². The van der Waals surface area contributed by atoms with E-state index in [1.807, 2.05) is 21.1 Å². The molecule has 524 valence electrons. The van der Waals surface area contributed by atoms with E-state index in [0.29, 0.717) is 23.9 Å². The van der Waals surface area contributed by atoms with E-state index in [9.17, 15) is 19.0 Å². The smallest absolute Gasteiger partial charge is 0.462 e. The highest BCUT2D eigenvalue weighted by Gasteiger charge is 2.27. The quantitative estimate of drug-likeness (QED) is 0.0211. The second-order valence-electron chi connectivity index (χ2n) is 27.0. The van der Waals surface area contributed by atoms with E-state index in [1.54, 1.807) is 0 Å². The Morgan fingerprint density at radius 1 is 0.356 bits per heavy atom. The van der Waals surface area contributed by atoms with Crippen LogP contribution in [0.5, 0.6) is 0 Å². The lowest BCUT2D eigenvalue weighted by Crippen LogP contribution is -2.37. The van der Waals surface area contributed by atoms with Crippen LogP contribution in [0.4, 0.5) is 0 Å². The summed E-state index contributed by atoms with van der Waals surface area (Å²) in [5, 5.41) is 0. The molecule has 90 heavy (non-hydrogen) atoms. The summed E-state index contributed by atoms with van der Waals surface area (Å²) in [5.41, 5.74) is 0. The number of hydrogen-bond acceptors (Lipinski definition) is 7. The van der Waals surface area contributed by atoms with E-state index in [0.717, 1.165) is 70.6 Å². The maximum atomic E-state index is 12.9. The maximum Gasteiger partial charge on any atom is 0.472 e. The van der Waals surface area contributed by atoms with Crippen LogP contribution >= 0.6 is 7.82 Å². The highest BCUT2D eigenvalue weighted by atomic mass is 31.2. The number of unbranched alkanes of at least 4 members (excludes halogenated alkanes) is 43. The first-order valence-corrected chi connectivity index (χ1v) is 39.8. The lowest BCUT2D eigenvalue weighted by Gasteiger charge is -2.24. The summed E-state index contributed by atoms with van der Waals surface area (Å²) in [5.74, 6) is -0.780. The van der Waals surface area contributed by atoms with Crippen LogP contribution in [0.25, 0.3) is 0 Å². The Labute approximate surface area is 558 Å². The number of carbonyl (C=O) groups is 2. The molecule has 0 bridgehead atoms. The first-order valence-electron chi connectivity index (χ1n) is 38.3. The lowest BCUT2D eigenvalue weighted by molar-refractivity contribution is -0.870. The summed E-state index contributed by atoms with van der Waals surface area (Å²) in [6.45, 7) is 4.37. The highest BCUT2D eigenvalue weighted by Crippen LogP contribution is 2.43. The van der Waals surface area contributed by atoms with Gasteiger partial charge in [-0.2, -0.15) is 0 Å². The van der Waals surface area contributed by atoms with Crippen LogP contribution in [0.2, 0.25) is 0 Å². The molecule has 0 amide bonds. The second-order valence-corrected chi connectivity index (χ2v) is 28.5. The van der Waals surface area contributed by atoms with Gasteiger partial charge in [-0.15, -0.1) is 0 Å². The summed E-state index contributed by atoms with van der Waals surface area (Å²) < 4.78 is 34.8. The average molecular weight is 1280 g/mol. The van der Waals surface area contributed by atoms with Crippen LogP contribution in [-0.2, 0) is 32.7 Å². The van der Waals surface area contributed by atoms with Crippen LogP contribution in [0.1, 0.15) is 361 Å². The van der Waals surface area contributed by atoms with Gasteiger partial charge in [-0.25, -0.2) is 4.57 Å². The van der Waals surface area contributed by atoms with Crippen LogP contribution < -0.4 is 0 Å². The first kappa shape index (κ1) is 87.2. The zero-order chi connectivity index (χ0) is 65.5. The zero-order valence-electron chi connectivity index (χ0n) is 59.9. The Bertz CT molecular complexity index is 1800. The predicted octanol–water partition coefficient (Wildman–Crippen LogP) is 25.3. The molecule has 9 nitrogen and oxygen atoms in total. The molecule has 10 heteroatoms. The molecular weight excluding hydrogens is 1130 g/mol. The molecule has 0 spiro atoms. The molecule has 0 rings (SSSR count). The predicted molar refractivity (Wildman–Crippen MR) is 390 cm³/mol. The van der Waals surface area contributed by atoms with E-state index in [2.05, 4.69) is 98.9 Å². The third-order valence-corrected chi connectivity index (χ3v) is 17.9. The SMILES string of the molecule is CC/C=C\C/C=C\C/C=C\C/C=C\C/C=C\C/C=C\CCCCCCCCCCCCCCCCCCCCC(=O)OC(COC(=O)CCCCCCCCCCCCCCCCCCC/C=C\CCCCCCCCCC)COP(=O)(O)OCC[N+](C)(C)C. The van der Waals surface area contributed by atoms with Crippen molar-refractivity contribution in [3.63, 3.8) is 0 Å². The Hall–Kier alpha value is -2.81. The number of phosphoric ester groups is 1. The Morgan fingerprint density at radius 3 is 0.956 bits per heavy atom. The van der Waals surface area contributed by atoms with Gasteiger partial charge >= 0.3 is 19.8 Å². The van der Waals surface area contributed by atoms with E-state index in [1.165, 1.54) is 257 Å². The van der Waals surface area contributed by atoms with Crippen molar-refractivity contribution in [2.45, 2.75) is 367 Å². The molecule has 0 aliphatic carbocycles. The summed E-state index contributed by atoms with van der Waals surface area (Å²) in [6, 6.07) is 0. The van der Waals surface area contributed by atoms with Crippen molar-refractivity contribution >= 4 is 19.8 Å². The minimum atomic E-state index is -4.39. The lowest BCUT2D eigenvalue weighted by atomic mass is 10.0. The number of quaternary nitrogens is 1. The Kier molecular flexibility index (Phi) is 68.3. The molecule has 0 fully saturated rings. The molecule has 0 heterocycles. The second kappa shape index (κ2) is 70.5. The van der Waals surface area contributed by atoms with Crippen molar-refractivity contribution < 1.29 is 42.1 Å². The fourth-order valence-electron chi connectivity index (χ4n) is 11.1. The molecule has 2 unspecified atom stereocenters. The van der Waals surface area contributed by atoms with Crippen molar-refractivity contribution in [2.24, 2.45) is 0 Å². The summed E-state index contributed by atoms with van der Waals surface area (Å²) in [4.78, 5) is 36.0. The van der Waals surface area contributed by atoms with Gasteiger partial charge in [-0.05, 0) is 89.9 Å².